The van der Waals surface area contributed by atoms with Crippen LogP contribution in [0.5, 0.6) is 0 Å². The van der Waals surface area contributed by atoms with Crippen molar-refractivity contribution in [3.8, 4) is 0 Å². The molecular formula is C26H35Cl2N3O6. The van der Waals surface area contributed by atoms with E-state index in [1.165, 1.54) is 5.56 Å². The number of carbonyl (C=O) groups is 2. The minimum atomic E-state index is -1.26. The van der Waals surface area contributed by atoms with Crippen LogP contribution in [0.25, 0.3) is 0 Å². The molecule has 11 heteroatoms. The van der Waals surface area contributed by atoms with Gasteiger partial charge in [-0.3, -0.25) is 4.98 Å². The van der Waals surface area contributed by atoms with Crippen molar-refractivity contribution < 1.29 is 29.6 Å². The molecule has 0 fully saturated rings. The van der Waals surface area contributed by atoms with E-state index in [2.05, 4.69) is 16.4 Å². The molecule has 1 unspecified atom stereocenters. The van der Waals surface area contributed by atoms with Crippen molar-refractivity contribution in [2.24, 2.45) is 0 Å². The van der Waals surface area contributed by atoms with Gasteiger partial charge >= 0.3 is 11.9 Å². The molecule has 0 radical (unpaired) electrons. The summed E-state index contributed by atoms with van der Waals surface area (Å²) in [5.74, 6) is -2.51. The summed E-state index contributed by atoms with van der Waals surface area (Å²) in [6, 6.07) is 7.38. The summed E-state index contributed by atoms with van der Waals surface area (Å²) in [5.41, 5.74) is 7.99. The van der Waals surface area contributed by atoms with Crippen LogP contribution >= 0.6 is 23.2 Å². The van der Waals surface area contributed by atoms with E-state index in [0.717, 1.165) is 58.3 Å². The standard InChI is InChI=1S/C22H31Cl2N3O2.C4H4O4/c23-19-13-18(14-20(24)22(19)25)21(28)16-27-9-3-1-2-4-11-29-12-6-8-17-7-5-10-26-15-17;5-3(6)1-2-4(7)8/h5,7,10,13-15,21,27-28H,1-4,6,8-9,11-12,16,25H2;1-2H,(H,5,6)(H,7,8)/b;2-1+. The SMILES string of the molecule is Nc1c(Cl)cc(C(O)CNCCCCCCOCCCc2cccnc2)cc1Cl.O=C(O)/C=C/C(=O)O. The lowest BCUT2D eigenvalue weighted by Gasteiger charge is -2.14. The molecule has 0 saturated heterocycles. The second-order valence-corrected chi connectivity index (χ2v) is 8.93. The molecule has 0 aliphatic heterocycles. The molecule has 0 saturated carbocycles. The summed E-state index contributed by atoms with van der Waals surface area (Å²) in [6.45, 7) is 2.93. The predicted octanol–water partition coefficient (Wildman–Crippen LogP) is 4.52. The van der Waals surface area contributed by atoms with Crippen LogP contribution in [0.4, 0.5) is 5.69 Å². The van der Waals surface area contributed by atoms with Gasteiger partial charge in [0.1, 0.15) is 0 Å². The van der Waals surface area contributed by atoms with E-state index in [0.29, 0.717) is 40.0 Å². The first-order valence-electron chi connectivity index (χ1n) is 11.9. The van der Waals surface area contributed by atoms with Crippen LogP contribution in [0.3, 0.4) is 0 Å². The number of aliphatic hydroxyl groups excluding tert-OH is 1. The van der Waals surface area contributed by atoms with Gasteiger partial charge in [0, 0.05) is 44.3 Å². The second kappa shape index (κ2) is 19.4. The van der Waals surface area contributed by atoms with E-state index < -0.39 is 18.0 Å². The molecule has 0 spiro atoms. The lowest BCUT2D eigenvalue weighted by molar-refractivity contribution is -0.134. The maximum Gasteiger partial charge on any atom is 0.328 e. The number of unbranched alkanes of at least 4 members (excludes halogenated alkanes) is 3. The molecule has 6 N–H and O–H groups in total. The average molecular weight is 556 g/mol. The number of aromatic nitrogens is 1. The molecule has 1 aromatic carbocycles. The van der Waals surface area contributed by atoms with E-state index >= 15 is 0 Å². The summed E-state index contributed by atoms with van der Waals surface area (Å²) in [6.07, 6.45) is 10.6. The Morgan fingerprint density at radius 2 is 1.65 bits per heavy atom. The highest BCUT2D eigenvalue weighted by molar-refractivity contribution is 6.38. The van der Waals surface area contributed by atoms with Crippen LogP contribution in [0.1, 0.15) is 49.3 Å². The van der Waals surface area contributed by atoms with Crippen molar-refractivity contribution in [1.29, 1.82) is 0 Å². The Labute approximate surface area is 227 Å². The smallest absolute Gasteiger partial charge is 0.328 e. The first-order chi connectivity index (χ1) is 17.7. The normalized spacial score (nSPS) is 11.6. The first-order valence-corrected chi connectivity index (χ1v) is 12.7. The zero-order valence-electron chi connectivity index (χ0n) is 20.6. The summed E-state index contributed by atoms with van der Waals surface area (Å²) in [5, 5.41) is 29.9. The number of aliphatic carboxylic acids is 2. The number of halogens is 2. The summed E-state index contributed by atoms with van der Waals surface area (Å²) in [4.78, 5) is 23.2. The van der Waals surface area contributed by atoms with Gasteiger partial charge in [0.15, 0.2) is 0 Å². The number of hydrogen-bond donors (Lipinski definition) is 5. The van der Waals surface area contributed by atoms with Crippen LogP contribution in [-0.4, -0.2) is 58.5 Å². The molecule has 0 amide bonds. The van der Waals surface area contributed by atoms with Gasteiger partial charge in [0.2, 0.25) is 0 Å². The maximum absolute atomic E-state index is 10.2. The number of benzene rings is 1. The van der Waals surface area contributed by atoms with E-state index in [1.807, 2.05) is 12.3 Å². The maximum atomic E-state index is 10.2. The molecule has 0 aliphatic rings. The third-order valence-electron chi connectivity index (χ3n) is 5.06. The fourth-order valence-electron chi connectivity index (χ4n) is 3.13. The van der Waals surface area contributed by atoms with E-state index in [1.54, 1.807) is 18.3 Å². The second-order valence-electron chi connectivity index (χ2n) is 8.12. The van der Waals surface area contributed by atoms with Gasteiger partial charge in [-0.2, -0.15) is 0 Å². The molecule has 0 aliphatic carbocycles. The fourth-order valence-corrected chi connectivity index (χ4v) is 3.63. The number of hydrogen-bond acceptors (Lipinski definition) is 7. The molecule has 1 atom stereocenters. The van der Waals surface area contributed by atoms with Gasteiger partial charge in [-0.1, -0.05) is 42.1 Å². The van der Waals surface area contributed by atoms with Crippen molar-refractivity contribution in [3.63, 3.8) is 0 Å². The number of nitrogens with zero attached hydrogens (tertiary/aromatic N) is 1. The number of pyridine rings is 1. The number of ether oxygens (including phenoxy) is 1. The third kappa shape index (κ3) is 15.9. The van der Waals surface area contributed by atoms with Gasteiger partial charge in [-0.25, -0.2) is 9.59 Å². The van der Waals surface area contributed by atoms with Crippen molar-refractivity contribution in [2.75, 3.05) is 32.0 Å². The zero-order valence-corrected chi connectivity index (χ0v) is 22.1. The van der Waals surface area contributed by atoms with Crippen LogP contribution in [0.15, 0.2) is 48.8 Å². The molecule has 9 nitrogen and oxygen atoms in total. The summed E-state index contributed by atoms with van der Waals surface area (Å²) < 4.78 is 5.69. The van der Waals surface area contributed by atoms with Gasteiger partial charge in [-0.05, 0) is 61.6 Å². The minimum Gasteiger partial charge on any atom is -0.478 e. The van der Waals surface area contributed by atoms with Crippen LogP contribution < -0.4 is 11.1 Å². The molecule has 1 aromatic heterocycles. The Morgan fingerprint density at radius 3 is 2.24 bits per heavy atom. The topological polar surface area (TPSA) is 155 Å². The summed E-state index contributed by atoms with van der Waals surface area (Å²) >= 11 is 12.0. The number of anilines is 1. The Kier molecular flexibility index (Phi) is 17.0. The number of carboxylic acid groups (broad SMARTS) is 2. The fraction of sp³-hybridized carbons (Fsp3) is 0.423. The van der Waals surface area contributed by atoms with Gasteiger partial charge in [0.25, 0.3) is 0 Å². The zero-order chi connectivity index (χ0) is 27.5. The van der Waals surface area contributed by atoms with Gasteiger partial charge < -0.3 is 31.1 Å². The molecule has 204 valence electrons. The number of aliphatic hydroxyl groups is 1. The largest absolute Gasteiger partial charge is 0.478 e. The van der Waals surface area contributed by atoms with Gasteiger partial charge in [-0.15, -0.1) is 0 Å². The average Bonchev–Trinajstić information content (AvgIpc) is 2.87. The lowest BCUT2D eigenvalue weighted by atomic mass is 10.1. The first kappa shape index (κ1) is 32.3. The molecule has 1 heterocycles. The van der Waals surface area contributed by atoms with Crippen LogP contribution in [0, 0.1) is 0 Å². The molecule has 2 aromatic rings. The van der Waals surface area contributed by atoms with E-state index in [4.69, 9.17) is 43.9 Å². The quantitative estimate of drug-likeness (QED) is 0.114. The van der Waals surface area contributed by atoms with Crippen LogP contribution in [-0.2, 0) is 20.7 Å². The number of nitrogens with one attached hydrogen (secondary N) is 1. The lowest BCUT2D eigenvalue weighted by Crippen LogP contribution is -2.22. The molecular weight excluding hydrogens is 521 g/mol. The highest BCUT2D eigenvalue weighted by Crippen LogP contribution is 2.31. The minimum absolute atomic E-state index is 0.342. The Hall–Kier alpha value is -2.69. The predicted molar refractivity (Wildman–Crippen MR) is 145 cm³/mol. The van der Waals surface area contributed by atoms with Crippen LogP contribution in [0.2, 0.25) is 10.0 Å². The Morgan fingerprint density at radius 1 is 1.03 bits per heavy atom. The number of aryl methyl sites for hydroxylation is 1. The summed E-state index contributed by atoms with van der Waals surface area (Å²) in [7, 11) is 0. The number of nitrogen functional groups attached to an aromatic ring is 1. The molecule has 37 heavy (non-hydrogen) atoms. The molecule has 2 rings (SSSR count). The van der Waals surface area contributed by atoms with E-state index in [9.17, 15) is 14.7 Å². The highest BCUT2D eigenvalue weighted by Gasteiger charge is 2.11. The number of carboxylic acids is 2. The highest BCUT2D eigenvalue weighted by atomic mass is 35.5. The van der Waals surface area contributed by atoms with Crippen molar-refractivity contribution in [2.45, 2.75) is 44.6 Å². The number of rotatable bonds is 16. The Bertz CT molecular complexity index is 937. The van der Waals surface area contributed by atoms with E-state index in [-0.39, 0.29) is 0 Å². The monoisotopic (exact) mass is 555 g/mol. The van der Waals surface area contributed by atoms with Crippen molar-refractivity contribution in [1.82, 2.24) is 10.3 Å². The third-order valence-corrected chi connectivity index (χ3v) is 5.69. The molecule has 0 bridgehead atoms. The number of nitrogens with two attached hydrogens (primary N) is 1. The Balaban J connectivity index is 0.000000738. The van der Waals surface area contributed by atoms with Gasteiger partial charge in [0.05, 0.1) is 21.8 Å². The van der Waals surface area contributed by atoms with Crippen molar-refractivity contribution >= 4 is 40.8 Å². The van der Waals surface area contributed by atoms with Crippen molar-refractivity contribution in [3.05, 3.63) is 70.0 Å².